The van der Waals surface area contributed by atoms with E-state index in [0.29, 0.717) is 34.2 Å². The van der Waals surface area contributed by atoms with Gasteiger partial charge in [-0.25, -0.2) is 19.6 Å². The highest BCUT2D eigenvalue weighted by molar-refractivity contribution is 6.99. The zero-order valence-electron chi connectivity index (χ0n) is 28.4. The fourth-order valence-corrected chi connectivity index (χ4v) is 10.7. The lowest BCUT2D eigenvalue weighted by Gasteiger charge is -2.43. The van der Waals surface area contributed by atoms with Gasteiger partial charge in [0, 0.05) is 6.20 Å². The van der Waals surface area contributed by atoms with Crippen molar-refractivity contribution in [2.24, 2.45) is 0 Å². The summed E-state index contributed by atoms with van der Waals surface area (Å²) < 4.78 is 21.0. The Bertz CT molecular complexity index is 2000. The van der Waals surface area contributed by atoms with Gasteiger partial charge in [0.25, 0.3) is 14.2 Å². The summed E-state index contributed by atoms with van der Waals surface area (Å²) in [6.45, 7) is 9.06. The lowest BCUT2D eigenvalue weighted by atomic mass is 10.2. The van der Waals surface area contributed by atoms with Crippen LogP contribution in [0.1, 0.15) is 26.3 Å². The molecular formula is C38H39ClN6O4Si. The molecule has 0 fully saturated rings. The van der Waals surface area contributed by atoms with Gasteiger partial charge in [-0.2, -0.15) is 5.10 Å². The standard InChI is InChI=1S/C38H39ClN6O4Si/c1-27-19-20-34(40-23-27)44-36(46)33(49-37-30-24-43-45(35(30)41-26-42-37)32-18-12-11-17-31(32)39)25-47-21-22-48-50(38(2,3)4,28-13-7-5-8-14-28)29-15-9-6-10-16-29/h5-20,23-24,26,33H,21-22,25H2,1-4H3,(H,40,44,46). The van der Waals surface area contributed by atoms with Crippen LogP contribution in [0, 0.1) is 6.92 Å². The third-order valence-corrected chi connectivity index (χ3v) is 13.7. The van der Waals surface area contributed by atoms with Crippen molar-refractivity contribution in [3.8, 4) is 11.6 Å². The quantitative estimate of drug-likeness (QED) is 0.112. The molecule has 0 saturated heterocycles. The van der Waals surface area contributed by atoms with Crippen molar-refractivity contribution >= 4 is 53.1 Å². The zero-order chi connectivity index (χ0) is 35.1. The van der Waals surface area contributed by atoms with E-state index in [4.69, 9.17) is 25.5 Å². The van der Waals surface area contributed by atoms with E-state index in [1.54, 1.807) is 29.2 Å². The van der Waals surface area contributed by atoms with Crippen molar-refractivity contribution in [1.29, 1.82) is 0 Å². The Balaban J connectivity index is 1.22. The Morgan fingerprint density at radius 1 is 0.860 bits per heavy atom. The number of pyridine rings is 1. The van der Waals surface area contributed by atoms with Crippen molar-refractivity contribution in [2.45, 2.75) is 38.8 Å². The van der Waals surface area contributed by atoms with Gasteiger partial charge in [-0.05, 0) is 46.1 Å². The largest absolute Gasteiger partial charge is 0.461 e. The second-order valence-electron chi connectivity index (χ2n) is 12.8. The SMILES string of the molecule is Cc1ccc(NC(=O)C(COCCO[Si](c2ccccc2)(c2ccccc2)C(C)(C)C)Oc2ncnc3c2cnn3-c2ccccc2Cl)nc1. The van der Waals surface area contributed by atoms with Crippen LogP contribution < -0.4 is 20.4 Å². The number of halogens is 1. The van der Waals surface area contributed by atoms with E-state index in [1.807, 2.05) is 43.3 Å². The first-order chi connectivity index (χ1) is 24.2. The van der Waals surface area contributed by atoms with E-state index in [2.05, 4.69) is 94.7 Å². The maximum atomic E-state index is 13.7. The molecule has 1 amide bonds. The van der Waals surface area contributed by atoms with Gasteiger partial charge < -0.3 is 19.2 Å². The minimum atomic E-state index is -2.76. The number of ether oxygens (including phenoxy) is 2. The number of carbonyl (C=O) groups is 1. The predicted octanol–water partition coefficient (Wildman–Crippen LogP) is 6.15. The molecule has 0 aliphatic carbocycles. The van der Waals surface area contributed by atoms with Gasteiger partial charge in [0.15, 0.2) is 5.65 Å². The number of rotatable bonds is 13. The second-order valence-corrected chi connectivity index (χ2v) is 17.5. The first-order valence-corrected chi connectivity index (χ1v) is 18.6. The molecule has 1 atom stereocenters. The molecule has 6 aromatic rings. The molecule has 3 heterocycles. The normalized spacial score (nSPS) is 12.5. The second kappa shape index (κ2) is 15.3. The molecule has 3 aromatic heterocycles. The van der Waals surface area contributed by atoms with E-state index in [9.17, 15) is 4.79 Å². The molecule has 0 aliphatic heterocycles. The number of nitrogens with zero attached hydrogens (tertiary/aromatic N) is 5. The summed E-state index contributed by atoms with van der Waals surface area (Å²) in [4.78, 5) is 26.8. The summed E-state index contributed by atoms with van der Waals surface area (Å²) in [7, 11) is -2.76. The molecule has 10 nitrogen and oxygen atoms in total. The van der Waals surface area contributed by atoms with Gasteiger partial charge >= 0.3 is 0 Å². The van der Waals surface area contributed by atoms with Crippen LogP contribution in [0.3, 0.4) is 0 Å². The number of hydrogen-bond donors (Lipinski definition) is 1. The Hall–Kier alpha value is -4.94. The fourth-order valence-electron chi connectivity index (χ4n) is 5.97. The Morgan fingerprint density at radius 3 is 2.18 bits per heavy atom. The molecule has 6 rings (SSSR count). The van der Waals surface area contributed by atoms with Crippen LogP contribution in [0.2, 0.25) is 10.1 Å². The lowest BCUT2D eigenvalue weighted by molar-refractivity contribution is -0.125. The van der Waals surface area contributed by atoms with Gasteiger partial charge in [-0.15, -0.1) is 0 Å². The van der Waals surface area contributed by atoms with Crippen LogP contribution in [-0.2, 0) is 14.0 Å². The van der Waals surface area contributed by atoms with Gasteiger partial charge in [0.05, 0.1) is 36.7 Å². The number of aromatic nitrogens is 5. The van der Waals surface area contributed by atoms with Gasteiger partial charge in [0.2, 0.25) is 12.0 Å². The Morgan fingerprint density at radius 2 is 1.54 bits per heavy atom. The molecule has 256 valence electrons. The fraction of sp³-hybridized carbons (Fsp3) is 0.237. The van der Waals surface area contributed by atoms with Crippen molar-refractivity contribution in [3.63, 3.8) is 0 Å². The number of benzene rings is 3. The first kappa shape index (κ1) is 34.9. The summed E-state index contributed by atoms with van der Waals surface area (Å²) in [5.74, 6) is 0.126. The van der Waals surface area contributed by atoms with E-state index in [0.717, 1.165) is 5.56 Å². The monoisotopic (exact) mass is 706 g/mol. The van der Waals surface area contributed by atoms with Gasteiger partial charge in [-0.3, -0.25) is 4.79 Å². The minimum Gasteiger partial charge on any atom is -0.461 e. The number of carbonyl (C=O) groups excluding carboxylic acids is 1. The van der Waals surface area contributed by atoms with E-state index >= 15 is 0 Å². The Kier molecular flexibility index (Phi) is 10.7. The first-order valence-electron chi connectivity index (χ1n) is 16.3. The van der Waals surface area contributed by atoms with Crippen LogP contribution >= 0.6 is 11.6 Å². The lowest BCUT2D eigenvalue weighted by Crippen LogP contribution is -2.66. The van der Waals surface area contributed by atoms with Crippen molar-refractivity contribution in [2.75, 3.05) is 25.1 Å². The van der Waals surface area contributed by atoms with Crippen molar-refractivity contribution in [1.82, 2.24) is 24.7 Å². The number of hydrogen-bond acceptors (Lipinski definition) is 8. The van der Waals surface area contributed by atoms with Crippen molar-refractivity contribution < 1.29 is 18.7 Å². The molecule has 12 heteroatoms. The van der Waals surface area contributed by atoms with Crippen LogP contribution in [0.15, 0.2) is 116 Å². The molecule has 0 bridgehead atoms. The topological polar surface area (TPSA) is 113 Å². The van der Waals surface area contributed by atoms with Crippen LogP contribution in [0.5, 0.6) is 5.88 Å². The molecule has 0 saturated carbocycles. The van der Waals surface area contributed by atoms with Crippen molar-refractivity contribution in [3.05, 3.63) is 126 Å². The molecule has 3 aromatic carbocycles. The third-order valence-electron chi connectivity index (χ3n) is 8.35. The average Bonchev–Trinajstić information content (AvgIpc) is 3.55. The van der Waals surface area contributed by atoms with Gasteiger partial charge in [-0.1, -0.05) is 111 Å². The highest BCUT2D eigenvalue weighted by Crippen LogP contribution is 2.36. The molecule has 1 N–H and O–H groups in total. The molecule has 0 radical (unpaired) electrons. The summed E-state index contributed by atoms with van der Waals surface area (Å²) in [5.41, 5.74) is 2.10. The smallest absolute Gasteiger partial charge is 0.269 e. The van der Waals surface area contributed by atoms with E-state index in [-0.39, 0.29) is 24.1 Å². The highest BCUT2D eigenvalue weighted by Gasteiger charge is 2.50. The molecule has 0 spiro atoms. The highest BCUT2D eigenvalue weighted by atomic mass is 35.5. The average molecular weight is 707 g/mol. The third kappa shape index (κ3) is 7.46. The number of fused-ring (bicyclic) bond motifs is 1. The van der Waals surface area contributed by atoms with Crippen LogP contribution in [0.25, 0.3) is 16.7 Å². The van der Waals surface area contributed by atoms with E-state index in [1.165, 1.54) is 16.7 Å². The van der Waals surface area contributed by atoms with Crippen LogP contribution in [-0.4, -0.2) is 64.9 Å². The van der Waals surface area contributed by atoms with Gasteiger partial charge in [0.1, 0.15) is 17.5 Å². The maximum absolute atomic E-state index is 13.7. The maximum Gasteiger partial charge on any atom is 0.269 e. The van der Waals surface area contributed by atoms with Crippen LogP contribution in [0.4, 0.5) is 5.82 Å². The number of amides is 1. The number of aryl methyl sites for hydroxylation is 1. The summed E-state index contributed by atoms with van der Waals surface area (Å²) in [6.07, 6.45) is 3.54. The summed E-state index contributed by atoms with van der Waals surface area (Å²) in [5, 5.41) is 10.5. The number of para-hydroxylation sites is 1. The number of nitrogens with one attached hydrogen (secondary N) is 1. The molecule has 0 aliphatic rings. The molecule has 50 heavy (non-hydrogen) atoms. The molecule has 1 unspecified atom stereocenters. The predicted molar refractivity (Wildman–Crippen MR) is 198 cm³/mol. The molecular weight excluding hydrogens is 668 g/mol. The summed E-state index contributed by atoms with van der Waals surface area (Å²) >= 11 is 6.46. The zero-order valence-corrected chi connectivity index (χ0v) is 30.2. The summed E-state index contributed by atoms with van der Waals surface area (Å²) in [6, 6.07) is 31.8. The number of anilines is 1. The van der Waals surface area contributed by atoms with E-state index < -0.39 is 20.3 Å². The Labute approximate surface area is 297 Å². The minimum absolute atomic E-state index is 0.0774.